The van der Waals surface area contributed by atoms with E-state index in [0.717, 1.165) is 0 Å². The van der Waals surface area contributed by atoms with Crippen LogP contribution in [0.15, 0.2) is 0 Å². The molecule has 3 N–H and O–H groups in total. The van der Waals surface area contributed by atoms with E-state index in [-0.39, 0.29) is 14.9 Å². The van der Waals surface area contributed by atoms with E-state index in [0.29, 0.717) is 0 Å². The van der Waals surface area contributed by atoms with Gasteiger partial charge in [0.05, 0.1) is 6.10 Å². The molecule has 0 bridgehead atoms. The molecule has 0 amide bonds. The summed E-state index contributed by atoms with van der Waals surface area (Å²) in [7, 11) is 1.34. The van der Waals surface area contributed by atoms with E-state index in [1.165, 1.54) is 13.5 Å². The quantitative estimate of drug-likeness (QED) is 0.658. The minimum absolute atomic E-state index is 0. The zero-order valence-corrected chi connectivity index (χ0v) is 9.75. The number of ether oxygens (including phenoxy) is 2. The van der Waals surface area contributed by atoms with Crippen LogP contribution >= 0.6 is 0 Å². The van der Waals surface area contributed by atoms with Gasteiger partial charge >= 0.3 is 0 Å². The molecule has 1 aliphatic heterocycles. The highest BCUT2D eigenvalue weighted by atomic mass is 16.7. The van der Waals surface area contributed by atoms with Crippen LogP contribution < -0.4 is 0 Å². The van der Waals surface area contributed by atoms with Crippen molar-refractivity contribution in [2.45, 2.75) is 66.8 Å². The zero-order valence-electron chi connectivity index (χ0n) is 9.75. The van der Waals surface area contributed by atoms with Gasteiger partial charge < -0.3 is 24.8 Å². The van der Waals surface area contributed by atoms with Gasteiger partial charge in [-0.15, -0.1) is 0 Å². The van der Waals surface area contributed by atoms with Crippen LogP contribution in [0.4, 0.5) is 0 Å². The van der Waals surface area contributed by atoms with Crippen LogP contribution in [-0.4, -0.2) is 47.2 Å². The van der Waals surface area contributed by atoms with Gasteiger partial charge in [-0.25, -0.2) is 0 Å². The number of hydrogen-bond acceptors (Lipinski definition) is 5. The molecule has 0 radical (unpaired) electrons. The highest BCUT2D eigenvalue weighted by Gasteiger charge is 2.41. The van der Waals surface area contributed by atoms with Crippen LogP contribution in [0.2, 0.25) is 0 Å². The molecule has 0 aromatic rings. The highest BCUT2D eigenvalue weighted by molar-refractivity contribution is 4.82. The molecule has 5 nitrogen and oxygen atoms in total. The molecule has 1 aliphatic rings. The molecule has 108 valence electrons. The summed E-state index contributed by atoms with van der Waals surface area (Å²) < 4.78 is 9.55. The fourth-order valence-electron chi connectivity index (χ4n) is 1.18. The first-order chi connectivity index (χ1) is 6.99. The first-order valence-electron chi connectivity index (χ1n) is 5.21. The van der Waals surface area contributed by atoms with Gasteiger partial charge in [0.25, 0.3) is 0 Å². The van der Waals surface area contributed by atoms with Crippen molar-refractivity contribution in [1.82, 2.24) is 0 Å². The van der Waals surface area contributed by atoms with Crippen molar-refractivity contribution >= 4 is 0 Å². The Morgan fingerprint density at radius 2 is 1.47 bits per heavy atom. The van der Waals surface area contributed by atoms with E-state index < -0.39 is 30.7 Å². The van der Waals surface area contributed by atoms with Crippen molar-refractivity contribution in [3.05, 3.63) is 0 Å². The van der Waals surface area contributed by atoms with Crippen LogP contribution in [0.3, 0.4) is 0 Å². The minimum atomic E-state index is -1.10. The second-order valence-electron chi connectivity index (χ2n) is 3.68. The molecule has 1 rings (SSSR count). The van der Waals surface area contributed by atoms with E-state index in [4.69, 9.17) is 9.47 Å². The average molecular weight is 254 g/mol. The van der Waals surface area contributed by atoms with E-state index in [9.17, 15) is 15.3 Å². The summed E-state index contributed by atoms with van der Waals surface area (Å²) in [5.74, 6) is -0.508. The molecule has 0 aromatic carbocycles. The second kappa shape index (κ2) is 10.9. The Morgan fingerprint density at radius 3 is 1.82 bits per heavy atom. The lowest BCUT2D eigenvalue weighted by atomic mass is 9.96. The summed E-state index contributed by atoms with van der Waals surface area (Å²) >= 11 is 0. The van der Waals surface area contributed by atoms with Crippen molar-refractivity contribution < 1.29 is 24.8 Å². The lowest BCUT2D eigenvalue weighted by Gasteiger charge is -2.38. The molecule has 0 aromatic heterocycles. The third-order valence-electron chi connectivity index (χ3n) is 2.12. The smallest absolute Gasteiger partial charge is 0.188 e. The monoisotopic (exact) mass is 254 g/mol. The van der Waals surface area contributed by atoms with Gasteiger partial charge in [0.2, 0.25) is 0 Å². The molecular formula is C12H30O5. The predicted octanol–water partition coefficient (Wildman–Crippen LogP) is 1.35. The van der Waals surface area contributed by atoms with Gasteiger partial charge in [0.15, 0.2) is 12.6 Å². The Bertz CT molecular complexity index is 160. The van der Waals surface area contributed by atoms with Crippen LogP contribution in [0.5, 0.6) is 0 Å². The Morgan fingerprint density at radius 1 is 1.06 bits per heavy atom. The summed E-state index contributed by atoms with van der Waals surface area (Å²) in [6.45, 7) is 5.84. The van der Waals surface area contributed by atoms with Crippen molar-refractivity contribution in [1.29, 1.82) is 0 Å². The number of methoxy groups -OCH3 is 1. The number of rotatable bonds is 1. The first kappa shape index (κ1) is 22.0. The summed E-state index contributed by atoms with van der Waals surface area (Å²) in [6, 6.07) is 0. The molecule has 1 fully saturated rings. The summed E-state index contributed by atoms with van der Waals surface area (Å²) in [4.78, 5) is 0. The molecular weight excluding hydrogens is 224 g/mol. The summed E-state index contributed by atoms with van der Waals surface area (Å²) in [6.07, 6.45) is -2.91. The Labute approximate surface area is 105 Å². The number of aliphatic hydroxyl groups is 3. The minimum Gasteiger partial charge on any atom is -0.390 e. The predicted molar refractivity (Wildman–Crippen MR) is 68.5 cm³/mol. The van der Waals surface area contributed by atoms with Crippen LogP contribution in [0.25, 0.3) is 0 Å². The van der Waals surface area contributed by atoms with E-state index in [1.807, 2.05) is 0 Å². The van der Waals surface area contributed by atoms with Crippen molar-refractivity contribution in [3.8, 4) is 0 Å². The molecule has 0 aliphatic carbocycles. The Balaban J connectivity index is -0.000000356. The molecule has 1 saturated heterocycles. The molecule has 0 saturated carbocycles. The van der Waals surface area contributed by atoms with Crippen LogP contribution in [0, 0.1) is 5.92 Å². The van der Waals surface area contributed by atoms with Crippen LogP contribution in [-0.2, 0) is 9.47 Å². The first-order valence-corrected chi connectivity index (χ1v) is 5.21. The fourth-order valence-corrected chi connectivity index (χ4v) is 1.18. The van der Waals surface area contributed by atoms with Gasteiger partial charge in [-0.1, -0.05) is 42.0 Å². The second-order valence-corrected chi connectivity index (χ2v) is 3.68. The van der Waals surface area contributed by atoms with Crippen molar-refractivity contribution in [2.24, 2.45) is 5.92 Å². The van der Waals surface area contributed by atoms with Gasteiger partial charge in [-0.05, 0) is 0 Å². The third-order valence-corrected chi connectivity index (χ3v) is 2.12. The molecule has 17 heavy (non-hydrogen) atoms. The Hall–Kier alpha value is -0.200. The van der Waals surface area contributed by atoms with Gasteiger partial charge in [-0.2, -0.15) is 0 Å². The van der Waals surface area contributed by atoms with Crippen molar-refractivity contribution in [2.75, 3.05) is 7.11 Å². The standard InChI is InChI=1S/C7H14O5.C3H8.2CH4/c1-3-4(8)5(9)7(11-2)12-6(3)10;1-3-2;;/h3-10H,1-2H3;3H2,1-2H3;2*1H4. The summed E-state index contributed by atoms with van der Waals surface area (Å²) in [5.41, 5.74) is 0. The maximum Gasteiger partial charge on any atom is 0.188 e. The topological polar surface area (TPSA) is 79.2 Å². The number of hydrogen-bond donors (Lipinski definition) is 3. The van der Waals surface area contributed by atoms with Gasteiger partial charge in [-0.3, -0.25) is 0 Å². The fraction of sp³-hybridized carbons (Fsp3) is 1.00. The largest absolute Gasteiger partial charge is 0.390 e. The maximum atomic E-state index is 9.35. The van der Waals surface area contributed by atoms with E-state index in [2.05, 4.69) is 13.8 Å². The Kier molecular flexibility index (Phi) is 14.2. The normalized spacial score (nSPS) is 35.8. The highest BCUT2D eigenvalue weighted by Crippen LogP contribution is 2.24. The SMILES string of the molecule is C.C.CCC.COC1OC(O)C(C)C(O)C1O. The third kappa shape index (κ3) is 6.33. The van der Waals surface area contributed by atoms with Crippen LogP contribution in [0.1, 0.15) is 42.0 Å². The van der Waals surface area contributed by atoms with Gasteiger partial charge in [0, 0.05) is 13.0 Å². The maximum absolute atomic E-state index is 9.35. The average Bonchev–Trinajstić information content (AvgIpc) is 2.21. The molecule has 1 heterocycles. The zero-order chi connectivity index (χ0) is 12.0. The van der Waals surface area contributed by atoms with Crippen molar-refractivity contribution in [3.63, 3.8) is 0 Å². The van der Waals surface area contributed by atoms with Gasteiger partial charge in [0.1, 0.15) is 6.10 Å². The molecule has 5 heteroatoms. The molecule has 5 unspecified atom stereocenters. The lowest BCUT2D eigenvalue weighted by molar-refractivity contribution is -0.321. The molecule has 0 spiro atoms. The number of aliphatic hydroxyl groups excluding tert-OH is 3. The lowest BCUT2D eigenvalue weighted by Crippen LogP contribution is -2.54. The molecule has 5 atom stereocenters. The van der Waals surface area contributed by atoms with E-state index >= 15 is 0 Å². The summed E-state index contributed by atoms with van der Waals surface area (Å²) in [5, 5.41) is 27.9. The van der Waals surface area contributed by atoms with E-state index in [1.54, 1.807) is 6.92 Å².